The van der Waals surface area contributed by atoms with E-state index in [2.05, 4.69) is 17.6 Å². The minimum absolute atomic E-state index is 0.137. The van der Waals surface area contributed by atoms with Gasteiger partial charge in [-0.2, -0.15) is 0 Å². The molecular weight excluding hydrogens is 386 g/mol. The van der Waals surface area contributed by atoms with Gasteiger partial charge in [0.15, 0.2) is 0 Å². The molecule has 5 saturated carbocycles. The van der Waals surface area contributed by atoms with Crippen LogP contribution in [0.5, 0.6) is 0 Å². The summed E-state index contributed by atoms with van der Waals surface area (Å²) >= 11 is 0. The lowest BCUT2D eigenvalue weighted by molar-refractivity contribution is -0.160. The molecule has 0 N–H and O–H groups in total. The Labute approximate surface area is 187 Å². The van der Waals surface area contributed by atoms with Crippen molar-refractivity contribution >= 4 is 11.8 Å². The third-order valence-corrected chi connectivity index (χ3v) is 8.58. The van der Waals surface area contributed by atoms with Gasteiger partial charge in [0.05, 0.1) is 18.5 Å². The van der Waals surface area contributed by atoms with Gasteiger partial charge in [-0.1, -0.05) is 13.3 Å². The van der Waals surface area contributed by atoms with Gasteiger partial charge in [-0.15, -0.1) is 0 Å². The highest BCUT2D eigenvalue weighted by molar-refractivity contribution is 5.88. The van der Waals surface area contributed by atoms with Gasteiger partial charge in [0, 0.05) is 31.5 Å². The smallest absolute Gasteiger partial charge is 0.242 e. The van der Waals surface area contributed by atoms with Crippen molar-refractivity contribution in [1.82, 2.24) is 14.4 Å². The minimum Gasteiger partial charge on any atom is -0.353 e. The summed E-state index contributed by atoms with van der Waals surface area (Å²) in [4.78, 5) is 31.5. The summed E-state index contributed by atoms with van der Waals surface area (Å²) in [6.07, 6.45) is 13.5. The Morgan fingerprint density at radius 3 is 2.26 bits per heavy atom. The lowest BCUT2D eigenvalue weighted by Crippen LogP contribution is -2.56. The van der Waals surface area contributed by atoms with Gasteiger partial charge in [0.25, 0.3) is 0 Å². The van der Waals surface area contributed by atoms with Crippen LogP contribution in [0.4, 0.5) is 0 Å². The predicted octanol–water partition coefficient (Wildman–Crippen LogP) is 4.36. The number of hydrogen-bond acceptors (Lipinski definition) is 2. The first-order valence-corrected chi connectivity index (χ1v) is 12.7. The molecule has 5 heteroatoms. The number of carbonyl (C=O) groups excluding carboxylic acids is 2. The van der Waals surface area contributed by atoms with Crippen molar-refractivity contribution in [3.8, 4) is 0 Å². The lowest BCUT2D eigenvalue weighted by atomic mass is 9.49. The lowest BCUT2D eigenvalue weighted by Gasteiger charge is -2.56. The number of nitrogens with zero attached hydrogens (tertiary/aromatic N) is 3. The van der Waals surface area contributed by atoms with Crippen molar-refractivity contribution in [2.24, 2.45) is 30.2 Å². The highest BCUT2D eigenvalue weighted by Gasteiger charge is 2.55. The van der Waals surface area contributed by atoms with Crippen LogP contribution in [0, 0.1) is 23.2 Å². The second-order valence-corrected chi connectivity index (χ2v) is 11.1. The van der Waals surface area contributed by atoms with E-state index >= 15 is 0 Å². The van der Waals surface area contributed by atoms with Crippen molar-refractivity contribution in [2.45, 2.75) is 83.7 Å². The average molecular weight is 426 g/mol. The van der Waals surface area contributed by atoms with Crippen LogP contribution in [0.25, 0.3) is 0 Å². The molecule has 0 radical (unpaired) electrons. The second kappa shape index (κ2) is 8.29. The van der Waals surface area contributed by atoms with Crippen LogP contribution >= 0.6 is 0 Å². The molecule has 170 valence electrons. The summed E-state index contributed by atoms with van der Waals surface area (Å²) in [5, 5.41) is 0. The van der Waals surface area contributed by atoms with Crippen molar-refractivity contribution < 1.29 is 9.59 Å². The first-order valence-electron chi connectivity index (χ1n) is 12.7. The number of aromatic nitrogens is 1. The summed E-state index contributed by atoms with van der Waals surface area (Å²) in [5.74, 6) is 2.69. The molecule has 5 nitrogen and oxygen atoms in total. The van der Waals surface area contributed by atoms with Gasteiger partial charge in [-0.3, -0.25) is 9.59 Å². The first kappa shape index (κ1) is 21.1. The van der Waals surface area contributed by atoms with Gasteiger partial charge >= 0.3 is 0 Å². The van der Waals surface area contributed by atoms with E-state index in [4.69, 9.17) is 0 Å². The monoisotopic (exact) mass is 425 g/mol. The fraction of sp³-hybridized carbons (Fsp3) is 0.769. The molecular formula is C26H39N3O2. The third-order valence-electron chi connectivity index (χ3n) is 8.58. The normalized spacial score (nSPS) is 31.1. The van der Waals surface area contributed by atoms with Crippen LogP contribution in [-0.4, -0.2) is 45.3 Å². The highest BCUT2D eigenvalue weighted by Crippen LogP contribution is 2.60. The minimum atomic E-state index is -0.161. The fourth-order valence-electron chi connectivity index (χ4n) is 7.21. The Morgan fingerprint density at radius 2 is 1.74 bits per heavy atom. The van der Waals surface area contributed by atoms with E-state index in [0.717, 1.165) is 74.9 Å². The molecule has 5 fully saturated rings. The molecule has 0 aliphatic heterocycles. The average Bonchev–Trinajstić information content (AvgIpc) is 3.49. The topological polar surface area (TPSA) is 45.6 Å². The van der Waals surface area contributed by atoms with Gasteiger partial charge in [0.1, 0.15) is 0 Å². The molecule has 0 aromatic carbocycles. The number of carbonyl (C=O) groups is 2. The van der Waals surface area contributed by atoms with Crippen LogP contribution in [0.2, 0.25) is 0 Å². The Bertz CT molecular complexity index is 789. The van der Waals surface area contributed by atoms with Crippen molar-refractivity contribution in [3.63, 3.8) is 0 Å². The van der Waals surface area contributed by atoms with Crippen LogP contribution in [0.15, 0.2) is 18.3 Å². The molecule has 4 bridgehead atoms. The predicted molar refractivity (Wildman–Crippen MR) is 121 cm³/mol. The van der Waals surface area contributed by atoms with Crippen molar-refractivity contribution in [3.05, 3.63) is 24.0 Å². The summed E-state index contributed by atoms with van der Waals surface area (Å²) < 4.78 is 2.10. The van der Waals surface area contributed by atoms with E-state index in [9.17, 15) is 9.59 Å². The maximum absolute atomic E-state index is 14.0. The molecule has 5 aliphatic carbocycles. The highest BCUT2D eigenvalue weighted by atomic mass is 16.2. The zero-order valence-electron chi connectivity index (χ0n) is 19.4. The van der Waals surface area contributed by atoms with Gasteiger partial charge in [-0.25, -0.2) is 0 Å². The largest absolute Gasteiger partial charge is 0.353 e. The second-order valence-electron chi connectivity index (χ2n) is 11.1. The molecule has 31 heavy (non-hydrogen) atoms. The van der Waals surface area contributed by atoms with E-state index in [1.807, 2.05) is 29.1 Å². The summed E-state index contributed by atoms with van der Waals surface area (Å²) in [5.41, 5.74) is 0.999. The van der Waals surface area contributed by atoms with E-state index in [-0.39, 0.29) is 17.9 Å². The van der Waals surface area contributed by atoms with Gasteiger partial charge in [0.2, 0.25) is 11.8 Å². The number of amides is 2. The zero-order chi connectivity index (χ0) is 21.6. The maximum atomic E-state index is 14.0. The quantitative estimate of drug-likeness (QED) is 0.590. The molecule has 1 aromatic rings. The Morgan fingerprint density at radius 1 is 1.10 bits per heavy atom. The molecule has 0 saturated heterocycles. The fourth-order valence-corrected chi connectivity index (χ4v) is 7.21. The number of unbranched alkanes of at least 4 members (excludes halogenated alkanes) is 1. The van der Waals surface area contributed by atoms with Crippen LogP contribution < -0.4 is 0 Å². The summed E-state index contributed by atoms with van der Waals surface area (Å²) in [6.45, 7) is 3.81. The van der Waals surface area contributed by atoms with Crippen LogP contribution in [0.1, 0.15) is 76.8 Å². The summed E-state index contributed by atoms with van der Waals surface area (Å²) in [7, 11) is 2.04. The molecule has 0 atom stereocenters. The van der Waals surface area contributed by atoms with Crippen molar-refractivity contribution in [1.29, 1.82) is 0 Å². The van der Waals surface area contributed by atoms with E-state index in [1.165, 1.54) is 19.3 Å². The number of rotatable bonds is 9. The molecule has 6 rings (SSSR count). The molecule has 0 unspecified atom stereocenters. The standard InChI is InChI=1S/C26H39N3O2/c1-3-4-10-28(25(31)26-14-19-11-20(15-26)13-21(12-19)16-26)18-24(30)29(22-7-8-22)17-23-6-5-9-27(23)2/h5-6,9,19-22H,3-4,7-8,10-18H2,1-2H3. The van der Waals surface area contributed by atoms with Gasteiger partial charge in [-0.05, 0) is 87.7 Å². The SMILES string of the molecule is CCCCN(CC(=O)N(Cc1cccn1C)C1CC1)C(=O)C12CC3CC(CC(C3)C1)C2. The first-order chi connectivity index (χ1) is 15.0. The third kappa shape index (κ3) is 4.17. The molecule has 2 amide bonds. The number of aryl methyl sites for hydroxylation is 1. The maximum Gasteiger partial charge on any atom is 0.242 e. The Balaban J connectivity index is 1.32. The Kier molecular flexibility index (Phi) is 5.64. The van der Waals surface area contributed by atoms with E-state index < -0.39 is 0 Å². The zero-order valence-corrected chi connectivity index (χ0v) is 19.4. The van der Waals surface area contributed by atoms with E-state index in [1.54, 1.807) is 0 Å². The van der Waals surface area contributed by atoms with E-state index in [0.29, 0.717) is 18.5 Å². The molecule has 1 heterocycles. The number of hydrogen-bond donors (Lipinski definition) is 0. The summed E-state index contributed by atoms with van der Waals surface area (Å²) in [6, 6.07) is 4.48. The van der Waals surface area contributed by atoms with Crippen LogP contribution in [-0.2, 0) is 23.2 Å². The van der Waals surface area contributed by atoms with Crippen molar-refractivity contribution in [2.75, 3.05) is 13.1 Å². The molecule has 1 aromatic heterocycles. The molecule has 5 aliphatic rings. The van der Waals surface area contributed by atoms with Crippen LogP contribution in [0.3, 0.4) is 0 Å². The van der Waals surface area contributed by atoms with Gasteiger partial charge < -0.3 is 14.4 Å². The molecule has 0 spiro atoms. The Hall–Kier alpha value is -1.78.